The monoisotopic (exact) mass is 495 g/mol. The Hall–Kier alpha value is -3.58. The highest BCUT2D eigenvalue weighted by atomic mass is 79.9. The van der Waals surface area contributed by atoms with Gasteiger partial charge in [0.05, 0.1) is 20.4 Å². The summed E-state index contributed by atoms with van der Waals surface area (Å²) in [5.41, 5.74) is 2.49. The van der Waals surface area contributed by atoms with Crippen molar-refractivity contribution >= 4 is 34.2 Å². The Morgan fingerprint density at radius 2 is 1.69 bits per heavy atom. The summed E-state index contributed by atoms with van der Waals surface area (Å²) in [6, 6.07) is 20.6. The number of para-hydroxylation sites is 1. The molecule has 0 fully saturated rings. The van der Waals surface area contributed by atoms with E-state index < -0.39 is 5.97 Å². The van der Waals surface area contributed by atoms with Gasteiger partial charge in [0.2, 0.25) is 0 Å². The lowest BCUT2D eigenvalue weighted by Gasteiger charge is -2.09. The Labute approximate surface area is 195 Å². The van der Waals surface area contributed by atoms with Gasteiger partial charge in [-0.05, 0) is 53.6 Å². The summed E-state index contributed by atoms with van der Waals surface area (Å²) >= 11 is 3.41. The van der Waals surface area contributed by atoms with Crippen LogP contribution in [-0.2, 0) is 16.2 Å². The molecule has 32 heavy (non-hydrogen) atoms. The van der Waals surface area contributed by atoms with Crippen LogP contribution in [0.4, 0.5) is 0 Å². The van der Waals surface area contributed by atoms with Gasteiger partial charge in [-0.2, -0.15) is 0 Å². The molecule has 0 heterocycles. The summed E-state index contributed by atoms with van der Waals surface area (Å²) < 4.78 is 17.3. The molecule has 0 saturated carbocycles. The lowest BCUT2D eigenvalue weighted by Crippen LogP contribution is -1.99. The first-order valence-corrected chi connectivity index (χ1v) is 10.5. The van der Waals surface area contributed by atoms with Gasteiger partial charge in [0.15, 0.2) is 11.5 Å². The Kier molecular flexibility index (Phi) is 8.45. The second-order valence-corrected chi connectivity index (χ2v) is 7.46. The zero-order chi connectivity index (χ0) is 22.8. The van der Waals surface area contributed by atoms with Crippen LogP contribution in [0, 0.1) is 0 Å². The summed E-state index contributed by atoms with van der Waals surface area (Å²) in [6.45, 7) is 0.409. The smallest absolute Gasteiger partial charge is 0.358 e. The predicted molar refractivity (Wildman–Crippen MR) is 127 cm³/mol. The maximum Gasteiger partial charge on any atom is 0.358 e. The van der Waals surface area contributed by atoms with Crippen LogP contribution >= 0.6 is 15.9 Å². The molecule has 7 heteroatoms. The normalized spacial score (nSPS) is 11.0. The molecule has 0 N–H and O–H groups in total. The third-order valence-corrected chi connectivity index (χ3v) is 4.91. The second kappa shape index (κ2) is 11.7. The topological polar surface area (TPSA) is 66.4 Å². The number of benzene rings is 3. The highest BCUT2D eigenvalue weighted by Gasteiger charge is 2.05. The van der Waals surface area contributed by atoms with Gasteiger partial charge >= 0.3 is 5.97 Å². The molecule has 3 aromatic rings. The minimum atomic E-state index is -0.607. The minimum Gasteiger partial charge on any atom is -0.493 e. The van der Waals surface area contributed by atoms with Gasteiger partial charge in [-0.1, -0.05) is 51.4 Å². The average Bonchev–Trinajstić information content (AvgIpc) is 2.83. The van der Waals surface area contributed by atoms with E-state index in [0.29, 0.717) is 29.4 Å². The van der Waals surface area contributed by atoms with Gasteiger partial charge < -0.3 is 19.0 Å². The number of carbonyl (C=O) groups excluding carboxylic acids is 1. The van der Waals surface area contributed by atoms with Gasteiger partial charge in [0, 0.05) is 16.1 Å². The molecule has 0 radical (unpaired) electrons. The average molecular weight is 496 g/mol. The van der Waals surface area contributed by atoms with Gasteiger partial charge in [0.25, 0.3) is 0 Å². The first-order chi connectivity index (χ1) is 15.6. The number of hydrogen-bond acceptors (Lipinski definition) is 6. The van der Waals surface area contributed by atoms with Gasteiger partial charge in [-0.15, -0.1) is 0 Å². The lowest BCUT2D eigenvalue weighted by atomic mass is 10.2. The largest absolute Gasteiger partial charge is 0.493 e. The number of rotatable bonds is 9. The second-order valence-electron chi connectivity index (χ2n) is 6.55. The first-order valence-electron chi connectivity index (χ1n) is 9.70. The fourth-order valence-corrected chi connectivity index (χ4v) is 3.01. The van der Waals surface area contributed by atoms with Crippen molar-refractivity contribution in [3.63, 3.8) is 0 Å². The van der Waals surface area contributed by atoms with Crippen LogP contribution in [-0.4, -0.2) is 26.4 Å². The zero-order valence-electron chi connectivity index (χ0n) is 17.7. The highest BCUT2D eigenvalue weighted by molar-refractivity contribution is 9.10. The number of nitrogens with zero attached hydrogens (tertiary/aromatic N) is 1. The van der Waals surface area contributed by atoms with E-state index in [-0.39, 0.29) is 0 Å². The molecular formula is C25H22BrNO5. The van der Waals surface area contributed by atoms with Crippen LogP contribution in [0.15, 0.2) is 82.4 Å². The number of halogens is 1. The number of oxime groups is 1. The maximum atomic E-state index is 12.0. The van der Waals surface area contributed by atoms with Crippen LogP contribution in [0.1, 0.15) is 16.7 Å². The minimum absolute atomic E-state index is 0.409. The van der Waals surface area contributed by atoms with Crippen molar-refractivity contribution < 1.29 is 23.8 Å². The number of methoxy groups -OCH3 is 2. The quantitative estimate of drug-likeness (QED) is 0.166. The molecule has 0 aromatic heterocycles. The Morgan fingerprint density at radius 3 is 2.44 bits per heavy atom. The summed E-state index contributed by atoms with van der Waals surface area (Å²) in [6.07, 6.45) is 4.34. The van der Waals surface area contributed by atoms with E-state index >= 15 is 0 Å². The molecule has 0 unspecified atom stereocenters. The van der Waals surface area contributed by atoms with Crippen LogP contribution < -0.4 is 14.2 Å². The summed E-state index contributed by atoms with van der Waals surface area (Å²) in [5.74, 6) is 1.21. The van der Waals surface area contributed by atoms with E-state index in [9.17, 15) is 4.79 Å². The molecule has 3 rings (SSSR count). The van der Waals surface area contributed by atoms with Crippen molar-refractivity contribution in [3.8, 4) is 17.2 Å². The molecule has 3 aromatic carbocycles. The fourth-order valence-electron chi connectivity index (χ4n) is 2.75. The van der Waals surface area contributed by atoms with E-state index in [1.807, 2.05) is 48.5 Å². The van der Waals surface area contributed by atoms with Crippen molar-refractivity contribution in [2.24, 2.45) is 5.16 Å². The molecule has 0 amide bonds. The van der Waals surface area contributed by atoms with E-state index in [1.165, 1.54) is 12.3 Å². The van der Waals surface area contributed by atoms with Gasteiger partial charge in [-0.3, -0.25) is 0 Å². The van der Waals surface area contributed by atoms with Crippen LogP contribution in [0.25, 0.3) is 6.08 Å². The maximum absolute atomic E-state index is 12.0. The van der Waals surface area contributed by atoms with Crippen molar-refractivity contribution in [3.05, 3.63) is 94.0 Å². The molecule has 0 atom stereocenters. The molecule has 164 valence electrons. The van der Waals surface area contributed by atoms with Crippen LogP contribution in [0.2, 0.25) is 0 Å². The zero-order valence-corrected chi connectivity index (χ0v) is 19.2. The molecule has 0 aliphatic rings. The summed E-state index contributed by atoms with van der Waals surface area (Å²) in [7, 11) is 3.11. The molecule has 0 aliphatic carbocycles. The summed E-state index contributed by atoms with van der Waals surface area (Å²) in [4.78, 5) is 16.9. The lowest BCUT2D eigenvalue weighted by molar-refractivity contribution is -0.137. The van der Waals surface area contributed by atoms with E-state index in [0.717, 1.165) is 15.6 Å². The van der Waals surface area contributed by atoms with E-state index in [2.05, 4.69) is 21.1 Å². The van der Waals surface area contributed by atoms with Gasteiger partial charge in [0.1, 0.15) is 12.4 Å². The third-order valence-electron chi connectivity index (χ3n) is 4.38. The highest BCUT2D eigenvalue weighted by Crippen LogP contribution is 2.28. The molecule has 0 aliphatic heterocycles. The molecule has 6 nitrogen and oxygen atoms in total. The summed E-state index contributed by atoms with van der Waals surface area (Å²) in [5, 5.41) is 3.79. The van der Waals surface area contributed by atoms with E-state index in [1.54, 1.807) is 38.5 Å². The molecule has 0 bridgehead atoms. The van der Waals surface area contributed by atoms with Gasteiger partial charge in [-0.25, -0.2) is 4.79 Å². The number of hydrogen-bond donors (Lipinski definition) is 0. The van der Waals surface area contributed by atoms with Crippen LogP contribution in [0.5, 0.6) is 17.2 Å². The van der Waals surface area contributed by atoms with Crippen molar-refractivity contribution in [2.75, 3.05) is 14.2 Å². The third kappa shape index (κ3) is 6.72. The van der Waals surface area contributed by atoms with Crippen molar-refractivity contribution in [1.29, 1.82) is 0 Å². The standard InChI is InChI=1S/C25H22BrNO5/c1-29-23-13-9-18(15-24(23)30-2)10-14-25(28)32-27-16-20-5-3-4-6-22(20)31-17-19-7-11-21(26)12-8-19/h3-16H,17H2,1-2H3/b14-10+,27-16+. The predicted octanol–water partition coefficient (Wildman–Crippen LogP) is 5.64. The van der Waals surface area contributed by atoms with Crippen molar-refractivity contribution in [2.45, 2.75) is 6.61 Å². The molecular weight excluding hydrogens is 474 g/mol. The number of carbonyl (C=O) groups is 1. The first kappa shape index (κ1) is 23.1. The fraction of sp³-hybridized carbons (Fsp3) is 0.120. The molecule has 0 saturated heterocycles. The Morgan fingerprint density at radius 1 is 0.938 bits per heavy atom. The SMILES string of the molecule is COc1ccc(/C=C/C(=O)O/N=C/c2ccccc2OCc2ccc(Br)cc2)cc1OC. The Bertz CT molecular complexity index is 1110. The number of ether oxygens (including phenoxy) is 3. The molecule has 0 spiro atoms. The van der Waals surface area contributed by atoms with E-state index in [4.69, 9.17) is 19.0 Å². The van der Waals surface area contributed by atoms with Crippen LogP contribution in [0.3, 0.4) is 0 Å². The Balaban J connectivity index is 1.58. The van der Waals surface area contributed by atoms with Crippen molar-refractivity contribution in [1.82, 2.24) is 0 Å².